The minimum atomic E-state index is -1.31. The predicted molar refractivity (Wildman–Crippen MR) is 87.9 cm³/mol. The third-order valence-electron chi connectivity index (χ3n) is 3.95. The Morgan fingerprint density at radius 1 is 1.24 bits per heavy atom. The van der Waals surface area contributed by atoms with E-state index in [1.54, 1.807) is 30.3 Å². The van der Waals surface area contributed by atoms with Crippen molar-refractivity contribution < 1.29 is 19.7 Å². The van der Waals surface area contributed by atoms with Crippen molar-refractivity contribution in [2.24, 2.45) is 5.73 Å². The Bertz CT molecular complexity index is 810. The highest BCUT2D eigenvalue weighted by Crippen LogP contribution is 2.27. The highest BCUT2D eigenvalue weighted by molar-refractivity contribution is 6.03. The molecule has 0 spiro atoms. The van der Waals surface area contributed by atoms with E-state index in [1.165, 1.54) is 12.3 Å². The van der Waals surface area contributed by atoms with E-state index in [2.05, 4.69) is 10.3 Å². The van der Waals surface area contributed by atoms with Gasteiger partial charge in [0, 0.05) is 18.3 Å². The second-order valence-electron chi connectivity index (χ2n) is 5.60. The van der Waals surface area contributed by atoms with Crippen LogP contribution in [-0.4, -0.2) is 50.5 Å². The minimum absolute atomic E-state index is 0.00211. The summed E-state index contributed by atoms with van der Waals surface area (Å²) in [5.41, 5.74) is 5.14. The Hall–Kier alpha value is -2.59. The zero-order valence-corrected chi connectivity index (χ0v) is 13.1. The second kappa shape index (κ2) is 7.11. The van der Waals surface area contributed by atoms with Gasteiger partial charge in [-0.1, -0.05) is 18.2 Å². The van der Waals surface area contributed by atoms with Crippen LogP contribution in [0.4, 0.5) is 5.82 Å². The number of hydrogen-bond acceptors (Lipinski definition) is 7. The van der Waals surface area contributed by atoms with Crippen LogP contribution >= 0.6 is 0 Å². The van der Waals surface area contributed by atoms with Gasteiger partial charge in [-0.2, -0.15) is 4.98 Å². The van der Waals surface area contributed by atoms with Gasteiger partial charge < -0.3 is 26.0 Å². The number of anilines is 1. The molecule has 2 unspecified atom stereocenters. The molecule has 1 fully saturated rings. The number of nitrogens with one attached hydrogen (secondary N) is 1. The third kappa shape index (κ3) is 3.44. The fourth-order valence-electron chi connectivity index (χ4n) is 2.61. The Balaban J connectivity index is 1.78. The van der Waals surface area contributed by atoms with Gasteiger partial charge in [0.2, 0.25) is 0 Å². The Morgan fingerprint density at radius 3 is 2.56 bits per heavy atom. The maximum atomic E-state index is 12.2. The molecule has 25 heavy (non-hydrogen) atoms. The molecule has 132 valence electrons. The Labute approximate surface area is 142 Å². The lowest BCUT2D eigenvalue weighted by Crippen LogP contribution is -2.37. The lowest BCUT2D eigenvalue weighted by atomic mass is 10.1. The summed E-state index contributed by atoms with van der Waals surface area (Å²) in [5.74, 6) is -0.334. The predicted octanol–water partition coefficient (Wildman–Crippen LogP) is -0.927. The van der Waals surface area contributed by atoms with E-state index in [9.17, 15) is 19.8 Å². The van der Waals surface area contributed by atoms with Crippen molar-refractivity contribution in [1.82, 2.24) is 9.55 Å². The van der Waals surface area contributed by atoms with Crippen molar-refractivity contribution in [1.29, 1.82) is 0 Å². The first-order valence-electron chi connectivity index (χ1n) is 7.68. The average Bonchev–Trinajstić information content (AvgIpc) is 2.91. The number of hydrogen-bond donors (Lipinski definition) is 4. The lowest BCUT2D eigenvalue weighted by Gasteiger charge is -2.17. The molecule has 1 aromatic carbocycles. The van der Waals surface area contributed by atoms with E-state index >= 15 is 0 Å². The van der Waals surface area contributed by atoms with Crippen LogP contribution in [0.15, 0.2) is 47.4 Å². The van der Waals surface area contributed by atoms with Crippen molar-refractivity contribution >= 4 is 11.7 Å². The molecule has 0 saturated carbocycles. The minimum Gasteiger partial charge on any atom is -0.387 e. The van der Waals surface area contributed by atoms with Gasteiger partial charge in [0.1, 0.15) is 24.1 Å². The van der Waals surface area contributed by atoms with Gasteiger partial charge in [-0.25, -0.2) is 4.79 Å². The smallest absolute Gasteiger partial charge is 0.351 e. The molecule has 2 aromatic rings. The van der Waals surface area contributed by atoms with Crippen LogP contribution in [0.2, 0.25) is 0 Å². The molecule has 1 saturated heterocycles. The van der Waals surface area contributed by atoms with Crippen LogP contribution in [0.5, 0.6) is 0 Å². The molecule has 0 bridgehead atoms. The third-order valence-corrected chi connectivity index (χ3v) is 3.95. The number of aromatic nitrogens is 2. The molecule has 1 aliphatic heterocycles. The van der Waals surface area contributed by atoms with Crippen LogP contribution in [0, 0.1) is 0 Å². The van der Waals surface area contributed by atoms with Crippen LogP contribution in [0.1, 0.15) is 16.6 Å². The number of benzene rings is 1. The molecule has 5 N–H and O–H groups in total. The fraction of sp³-hybridized carbons (Fsp3) is 0.312. The summed E-state index contributed by atoms with van der Waals surface area (Å²) in [4.78, 5) is 28.0. The summed E-state index contributed by atoms with van der Waals surface area (Å²) >= 11 is 0. The zero-order chi connectivity index (χ0) is 18.0. The van der Waals surface area contributed by atoms with E-state index in [0.717, 1.165) is 4.57 Å². The summed E-state index contributed by atoms with van der Waals surface area (Å²) in [7, 11) is 0. The van der Waals surface area contributed by atoms with Crippen LogP contribution in [0.25, 0.3) is 0 Å². The van der Waals surface area contributed by atoms with Crippen molar-refractivity contribution in [2.45, 2.75) is 24.5 Å². The van der Waals surface area contributed by atoms with Gasteiger partial charge in [0.15, 0.2) is 6.23 Å². The normalized spacial score (nSPS) is 25.7. The SMILES string of the molecule is NC[C@H]1O[C@@H](n2ccc(NC(=O)c3ccccc3)nc2=O)C(O)C1O. The van der Waals surface area contributed by atoms with Crippen LogP contribution in [-0.2, 0) is 4.74 Å². The highest BCUT2D eigenvalue weighted by Gasteiger charge is 2.43. The molecule has 9 heteroatoms. The number of aliphatic hydroxyl groups excluding tert-OH is 2. The Kier molecular flexibility index (Phi) is 4.91. The summed E-state index contributed by atoms with van der Waals surface area (Å²) < 4.78 is 6.45. The maximum absolute atomic E-state index is 12.2. The van der Waals surface area contributed by atoms with Gasteiger partial charge >= 0.3 is 5.69 Å². The maximum Gasteiger partial charge on any atom is 0.351 e. The van der Waals surface area contributed by atoms with E-state index in [4.69, 9.17) is 10.5 Å². The van der Waals surface area contributed by atoms with Crippen molar-refractivity contribution in [3.8, 4) is 0 Å². The first-order valence-corrected chi connectivity index (χ1v) is 7.68. The number of nitrogens with zero attached hydrogens (tertiary/aromatic N) is 2. The van der Waals surface area contributed by atoms with Gasteiger partial charge in [-0.15, -0.1) is 0 Å². The van der Waals surface area contributed by atoms with Gasteiger partial charge in [-0.05, 0) is 18.2 Å². The van der Waals surface area contributed by atoms with E-state index in [0.29, 0.717) is 5.56 Å². The topological polar surface area (TPSA) is 140 Å². The molecule has 9 nitrogen and oxygen atoms in total. The number of rotatable bonds is 4. The molecule has 1 aromatic heterocycles. The number of carbonyl (C=O) groups excluding carboxylic acids is 1. The number of ether oxygens (including phenoxy) is 1. The Morgan fingerprint density at radius 2 is 1.96 bits per heavy atom. The van der Waals surface area contributed by atoms with Crippen LogP contribution in [0.3, 0.4) is 0 Å². The molecule has 2 heterocycles. The molecule has 0 aliphatic carbocycles. The summed E-state index contributed by atoms with van der Waals surface area (Å²) in [6.45, 7) is 0.00211. The first kappa shape index (κ1) is 17.2. The molecular weight excluding hydrogens is 328 g/mol. The molecule has 1 aliphatic rings. The van der Waals surface area contributed by atoms with E-state index in [1.807, 2.05) is 0 Å². The quantitative estimate of drug-likeness (QED) is 0.561. The standard InChI is InChI=1S/C16H18N4O5/c17-8-10-12(21)13(22)15(25-10)20-7-6-11(19-16(20)24)18-14(23)9-4-2-1-3-5-9/h1-7,10,12-13,15,21-22H,8,17H2,(H,18,19,23,24)/t10-,12?,13?,15-/m1/s1. The molecule has 0 radical (unpaired) electrons. The fourth-order valence-corrected chi connectivity index (χ4v) is 2.61. The van der Waals surface area contributed by atoms with Crippen molar-refractivity contribution in [2.75, 3.05) is 11.9 Å². The van der Waals surface area contributed by atoms with E-state index in [-0.39, 0.29) is 12.4 Å². The number of aliphatic hydroxyl groups is 2. The molecule has 4 atom stereocenters. The van der Waals surface area contributed by atoms with Crippen molar-refractivity contribution in [3.05, 3.63) is 58.6 Å². The molecule has 3 rings (SSSR count). The summed E-state index contributed by atoms with van der Waals surface area (Å²) in [5, 5.41) is 22.4. The molecule has 1 amide bonds. The van der Waals surface area contributed by atoms with Gasteiger partial charge in [0.25, 0.3) is 5.91 Å². The summed E-state index contributed by atoms with van der Waals surface area (Å²) in [6, 6.07) is 9.89. The van der Waals surface area contributed by atoms with Crippen LogP contribution < -0.4 is 16.7 Å². The number of amides is 1. The average molecular weight is 346 g/mol. The van der Waals surface area contributed by atoms with Crippen molar-refractivity contribution in [3.63, 3.8) is 0 Å². The molecular formula is C16H18N4O5. The van der Waals surface area contributed by atoms with E-state index < -0.39 is 36.1 Å². The lowest BCUT2D eigenvalue weighted by molar-refractivity contribution is -0.0371. The zero-order valence-electron chi connectivity index (χ0n) is 13.1. The first-order chi connectivity index (χ1) is 12.0. The van der Waals surface area contributed by atoms with Gasteiger partial charge in [-0.3, -0.25) is 9.36 Å². The number of nitrogens with two attached hydrogens (primary N) is 1. The van der Waals surface area contributed by atoms with Gasteiger partial charge in [0.05, 0.1) is 0 Å². The second-order valence-corrected chi connectivity index (χ2v) is 5.60. The largest absolute Gasteiger partial charge is 0.387 e. The number of carbonyl (C=O) groups is 1. The highest BCUT2D eigenvalue weighted by atomic mass is 16.6. The summed E-state index contributed by atoms with van der Waals surface area (Å²) in [6.07, 6.45) is -3.04. The monoisotopic (exact) mass is 346 g/mol.